The molecule has 0 aliphatic carbocycles. The summed E-state index contributed by atoms with van der Waals surface area (Å²) >= 11 is 0. The Morgan fingerprint density at radius 3 is 2.08 bits per heavy atom. The summed E-state index contributed by atoms with van der Waals surface area (Å²) < 4.78 is 98.1. The summed E-state index contributed by atoms with van der Waals surface area (Å²) in [6.07, 6.45) is -10.3. The van der Waals surface area contributed by atoms with Gasteiger partial charge in [-0.2, -0.15) is 30.4 Å². The number of hydrogen-bond acceptors (Lipinski definition) is 4. The van der Waals surface area contributed by atoms with E-state index >= 15 is 0 Å². The van der Waals surface area contributed by atoms with Crippen molar-refractivity contribution >= 4 is 26.9 Å². The van der Waals surface area contributed by atoms with E-state index in [1.165, 1.54) is 12.1 Å². The van der Waals surface area contributed by atoms with E-state index in [1.54, 1.807) is 18.2 Å². The Morgan fingerprint density at radius 1 is 1.04 bits per heavy atom. The van der Waals surface area contributed by atoms with Crippen LogP contribution in [0.1, 0.15) is 11.8 Å². The predicted octanol–water partition coefficient (Wildman–Crippen LogP) is 0.525. The molecule has 0 aliphatic heterocycles. The van der Waals surface area contributed by atoms with Gasteiger partial charge in [0.15, 0.2) is 0 Å². The van der Waals surface area contributed by atoms with Gasteiger partial charge in [0.1, 0.15) is 0 Å². The zero-order valence-electron chi connectivity index (χ0n) is 14.0. The maximum atomic E-state index is 13.4. The molecule has 1 N–H and O–H groups in total. The third kappa shape index (κ3) is 4.71. The summed E-state index contributed by atoms with van der Waals surface area (Å²) in [7, 11) is -6.48. The molecular weight excluding hydrogens is 398 g/mol. The van der Waals surface area contributed by atoms with Gasteiger partial charge in [-0.05, 0) is 22.9 Å². The second kappa shape index (κ2) is 7.77. The molecule has 1 unspecified atom stereocenters. The van der Waals surface area contributed by atoms with Crippen LogP contribution < -0.4 is 29.6 Å². The molecule has 2 aromatic carbocycles. The zero-order valence-corrected chi connectivity index (χ0v) is 15.8. The third-order valence-electron chi connectivity index (χ3n) is 3.16. The first kappa shape index (κ1) is 22.8. The third-order valence-corrected chi connectivity index (χ3v) is 4.06. The SMILES string of the molecule is O=C(OC(C(F)(F)F)C(F)(F)S(=O)(=O)O)c1ccc2ccccc2c1.[H-].[Na+]. The molecule has 0 aliphatic rings. The number of halogens is 5. The van der Waals surface area contributed by atoms with Crippen LogP contribution in [0.3, 0.4) is 0 Å². The number of benzene rings is 2. The van der Waals surface area contributed by atoms with Crippen LogP contribution >= 0.6 is 0 Å². The summed E-state index contributed by atoms with van der Waals surface area (Å²) in [6, 6.07) is 9.85. The van der Waals surface area contributed by atoms with Crippen LogP contribution in [0.2, 0.25) is 0 Å². The molecule has 0 fully saturated rings. The smallest absolute Gasteiger partial charge is 1.00 e. The number of carbonyl (C=O) groups is 1. The molecule has 0 bridgehead atoms. The van der Waals surface area contributed by atoms with E-state index in [2.05, 4.69) is 4.74 Å². The van der Waals surface area contributed by atoms with Crippen LogP contribution in [0.5, 0.6) is 0 Å². The van der Waals surface area contributed by atoms with E-state index < -0.39 is 39.2 Å². The first-order valence-electron chi connectivity index (χ1n) is 6.45. The maximum absolute atomic E-state index is 13.4. The van der Waals surface area contributed by atoms with Crippen molar-refractivity contribution in [2.24, 2.45) is 0 Å². The predicted molar refractivity (Wildman–Crippen MR) is 76.8 cm³/mol. The maximum Gasteiger partial charge on any atom is 1.00 e. The average Bonchev–Trinajstić information content (AvgIpc) is 2.49. The molecule has 2 rings (SSSR count). The zero-order chi connectivity index (χ0) is 19.0. The molecule has 2 aromatic rings. The molecule has 138 valence electrons. The van der Waals surface area contributed by atoms with E-state index in [9.17, 15) is 35.2 Å². The van der Waals surface area contributed by atoms with Crippen molar-refractivity contribution in [1.82, 2.24) is 0 Å². The normalized spacial score (nSPS) is 13.8. The monoisotopic (exact) mass is 408 g/mol. The van der Waals surface area contributed by atoms with Gasteiger partial charge in [0.2, 0.25) is 0 Å². The Kier molecular flexibility index (Phi) is 6.80. The van der Waals surface area contributed by atoms with E-state index in [1.807, 2.05) is 0 Å². The Balaban J connectivity index is 0.00000338. The van der Waals surface area contributed by atoms with Gasteiger partial charge in [-0.1, -0.05) is 30.3 Å². The Bertz CT molecular complexity index is 919. The van der Waals surface area contributed by atoms with E-state index in [-0.39, 0.29) is 31.0 Å². The molecule has 26 heavy (non-hydrogen) atoms. The largest absolute Gasteiger partial charge is 1.00 e. The fourth-order valence-corrected chi connectivity index (χ4v) is 2.40. The Hall–Kier alpha value is -1.27. The summed E-state index contributed by atoms with van der Waals surface area (Å²) in [5, 5.41) is -4.73. The molecule has 5 nitrogen and oxygen atoms in total. The number of fused-ring (bicyclic) bond motifs is 1. The van der Waals surface area contributed by atoms with Crippen molar-refractivity contribution in [1.29, 1.82) is 0 Å². The molecule has 0 spiro atoms. The molecule has 12 heteroatoms. The van der Waals surface area contributed by atoms with Crippen LogP contribution in [0.15, 0.2) is 42.5 Å². The van der Waals surface area contributed by atoms with Gasteiger partial charge >= 0.3 is 57.1 Å². The first-order chi connectivity index (χ1) is 11.3. The number of hydrogen-bond donors (Lipinski definition) is 1. The molecule has 1 atom stereocenters. The van der Waals surface area contributed by atoms with Crippen LogP contribution in [-0.4, -0.2) is 36.5 Å². The minimum Gasteiger partial charge on any atom is -1.00 e. The minimum atomic E-state index is -6.48. The van der Waals surface area contributed by atoms with Crippen molar-refractivity contribution in [3.05, 3.63) is 48.0 Å². The molecule has 0 heterocycles. The van der Waals surface area contributed by atoms with Gasteiger partial charge < -0.3 is 6.16 Å². The fraction of sp³-hybridized carbons (Fsp3) is 0.214. The number of rotatable bonds is 4. The van der Waals surface area contributed by atoms with Gasteiger partial charge in [-0.25, -0.2) is 4.79 Å². The van der Waals surface area contributed by atoms with Crippen molar-refractivity contribution in [3.63, 3.8) is 0 Å². The number of esters is 1. The second-order valence-electron chi connectivity index (χ2n) is 4.93. The van der Waals surface area contributed by atoms with Gasteiger partial charge in [0.05, 0.1) is 5.56 Å². The molecule has 0 amide bonds. The quantitative estimate of drug-likeness (QED) is 0.346. The number of ether oxygens (including phenoxy) is 1. The van der Waals surface area contributed by atoms with Crippen LogP contribution in [0.25, 0.3) is 10.8 Å². The molecule has 0 radical (unpaired) electrons. The van der Waals surface area contributed by atoms with Crippen LogP contribution in [-0.2, 0) is 14.9 Å². The van der Waals surface area contributed by atoms with Gasteiger partial charge in [0.25, 0.3) is 6.10 Å². The van der Waals surface area contributed by atoms with Crippen LogP contribution in [0, 0.1) is 0 Å². The van der Waals surface area contributed by atoms with Crippen LogP contribution in [0.4, 0.5) is 22.0 Å². The Labute approximate surface area is 167 Å². The number of alkyl halides is 5. The summed E-state index contributed by atoms with van der Waals surface area (Å²) in [5.41, 5.74) is -0.501. The summed E-state index contributed by atoms with van der Waals surface area (Å²) in [6.45, 7) is 0. The molecule has 0 saturated heterocycles. The van der Waals surface area contributed by atoms with Gasteiger partial charge in [-0.15, -0.1) is 0 Å². The summed E-state index contributed by atoms with van der Waals surface area (Å²) in [4.78, 5) is 11.8. The van der Waals surface area contributed by atoms with E-state index in [0.717, 1.165) is 12.1 Å². The summed E-state index contributed by atoms with van der Waals surface area (Å²) in [5.74, 6) is -1.82. The van der Waals surface area contributed by atoms with Crippen molar-refractivity contribution < 1.29 is 75.4 Å². The van der Waals surface area contributed by atoms with Crippen molar-refractivity contribution in [2.45, 2.75) is 17.5 Å². The van der Waals surface area contributed by atoms with E-state index in [0.29, 0.717) is 10.8 Å². The molecule has 0 aromatic heterocycles. The van der Waals surface area contributed by atoms with Gasteiger partial charge in [0, 0.05) is 0 Å². The second-order valence-corrected chi connectivity index (χ2v) is 6.42. The first-order valence-corrected chi connectivity index (χ1v) is 7.89. The minimum absolute atomic E-state index is 0. The van der Waals surface area contributed by atoms with Crippen molar-refractivity contribution in [3.8, 4) is 0 Å². The van der Waals surface area contributed by atoms with E-state index in [4.69, 9.17) is 4.55 Å². The average molecular weight is 408 g/mol. The topological polar surface area (TPSA) is 80.7 Å². The fourth-order valence-electron chi connectivity index (χ4n) is 1.95. The Morgan fingerprint density at radius 2 is 1.58 bits per heavy atom. The van der Waals surface area contributed by atoms with Crippen molar-refractivity contribution in [2.75, 3.05) is 0 Å². The standard InChI is InChI=1S/C14H9F5O5S.Na.H/c15-13(16,17)12(14(18,19)25(21,22)23)24-11(20)10-6-5-8-3-1-2-4-9(8)7-10;;/h1-7,12H,(H,21,22,23);;/q;+1;-1. The van der Waals surface area contributed by atoms with Gasteiger partial charge in [-0.3, -0.25) is 4.55 Å². The molecular formula is C14H10F5NaO5S. The number of carbonyl (C=O) groups excluding carboxylic acids is 1. The molecule has 0 saturated carbocycles.